The fraction of sp³-hybridized carbons (Fsp3) is 0.211. The second kappa shape index (κ2) is 8.76. The SMILES string of the molecule is COCCOc1ccc(S(=O)(=O)Nc2cc(C(F)(F)F)ccc2-n2cccn2)cc1. The van der Waals surface area contributed by atoms with E-state index in [1.165, 1.54) is 48.5 Å². The Morgan fingerprint density at radius 1 is 1.10 bits per heavy atom. The summed E-state index contributed by atoms with van der Waals surface area (Å²) in [5.41, 5.74) is -1.09. The van der Waals surface area contributed by atoms with E-state index in [2.05, 4.69) is 9.82 Å². The number of methoxy groups -OCH3 is 1. The molecular weight excluding hydrogens is 423 g/mol. The van der Waals surface area contributed by atoms with Crippen LogP contribution in [0.3, 0.4) is 0 Å². The fourth-order valence-electron chi connectivity index (χ4n) is 2.57. The first-order chi connectivity index (χ1) is 14.2. The Balaban J connectivity index is 1.91. The van der Waals surface area contributed by atoms with E-state index in [0.29, 0.717) is 12.4 Å². The molecule has 0 aliphatic rings. The van der Waals surface area contributed by atoms with Crippen LogP contribution in [0.15, 0.2) is 65.8 Å². The summed E-state index contributed by atoms with van der Waals surface area (Å²) in [4.78, 5) is -0.134. The van der Waals surface area contributed by atoms with Crippen molar-refractivity contribution in [3.8, 4) is 11.4 Å². The molecule has 160 valence electrons. The van der Waals surface area contributed by atoms with Crippen molar-refractivity contribution in [3.05, 3.63) is 66.5 Å². The zero-order valence-corrected chi connectivity index (χ0v) is 16.6. The first-order valence-corrected chi connectivity index (χ1v) is 10.1. The monoisotopic (exact) mass is 441 g/mol. The lowest BCUT2D eigenvalue weighted by molar-refractivity contribution is -0.137. The lowest BCUT2D eigenvalue weighted by Crippen LogP contribution is -2.16. The van der Waals surface area contributed by atoms with Crippen molar-refractivity contribution in [3.63, 3.8) is 0 Å². The topological polar surface area (TPSA) is 82.5 Å². The molecule has 3 rings (SSSR count). The van der Waals surface area contributed by atoms with E-state index in [9.17, 15) is 21.6 Å². The predicted molar refractivity (Wildman–Crippen MR) is 103 cm³/mol. The molecule has 2 aromatic carbocycles. The highest BCUT2D eigenvalue weighted by Gasteiger charge is 2.32. The van der Waals surface area contributed by atoms with Crippen LogP contribution < -0.4 is 9.46 Å². The molecular formula is C19H18F3N3O4S. The quantitative estimate of drug-likeness (QED) is 0.539. The third kappa shape index (κ3) is 5.10. The van der Waals surface area contributed by atoms with Gasteiger partial charge in [0.1, 0.15) is 12.4 Å². The highest BCUT2D eigenvalue weighted by molar-refractivity contribution is 7.92. The largest absolute Gasteiger partial charge is 0.491 e. The zero-order valence-electron chi connectivity index (χ0n) is 15.8. The number of nitrogens with one attached hydrogen (secondary N) is 1. The molecule has 0 unspecified atom stereocenters. The third-order valence-corrected chi connectivity index (χ3v) is 5.39. The molecule has 0 amide bonds. The van der Waals surface area contributed by atoms with Gasteiger partial charge in [-0.3, -0.25) is 4.72 Å². The summed E-state index contributed by atoms with van der Waals surface area (Å²) in [5.74, 6) is 0.433. The summed E-state index contributed by atoms with van der Waals surface area (Å²) in [5, 5.41) is 3.96. The van der Waals surface area contributed by atoms with Gasteiger partial charge in [0, 0.05) is 19.5 Å². The molecule has 30 heavy (non-hydrogen) atoms. The molecule has 7 nitrogen and oxygen atoms in total. The molecule has 1 N–H and O–H groups in total. The van der Waals surface area contributed by atoms with E-state index in [-0.39, 0.29) is 22.9 Å². The van der Waals surface area contributed by atoms with Crippen molar-refractivity contribution < 1.29 is 31.1 Å². The van der Waals surface area contributed by atoms with E-state index in [1.807, 2.05) is 0 Å². The number of aromatic nitrogens is 2. The van der Waals surface area contributed by atoms with Crippen molar-refractivity contribution in [2.24, 2.45) is 0 Å². The van der Waals surface area contributed by atoms with Gasteiger partial charge in [-0.25, -0.2) is 13.1 Å². The lowest BCUT2D eigenvalue weighted by Gasteiger charge is -2.16. The lowest BCUT2D eigenvalue weighted by atomic mass is 10.1. The molecule has 0 fully saturated rings. The van der Waals surface area contributed by atoms with Crippen molar-refractivity contribution in [1.82, 2.24) is 9.78 Å². The summed E-state index contributed by atoms with van der Waals surface area (Å²) >= 11 is 0. The summed E-state index contributed by atoms with van der Waals surface area (Å²) in [6, 6.07) is 9.81. The van der Waals surface area contributed by atoms with Gasteiger partial charge in [-0.1, -0.05) is 0 Å². The van der Waals surface area contributed by atoms with E-state index in [0.717, 1.165) is 18.2 Å². The standard InChI is InChI=1S/C19H18F3N3O4S/c1-28-11-12-29-15-4-6-16(7-5-15)30(26,27)24-17-13-14(19(20,21)22)3-8-18(17)25-10-2-9-23-25/h2-10,13,24H,11-12H2,1H3. The number of rotatable bonds is 8. The molecule has 0 radical (unpaired) electrons. The Hall–Kier alpha value is -3.05. The Morgan fingerprint density at radius 3 is 2.43 bits per heavy atom. The average Bonchev–Trinajstić information content (AvgIpc) is 3.22. The van der Waals surface area contributed by atoms with Crippen molar-refractivity contribution >= 4 is 15.7 Å². The normalized spacial score (nSPS) is 12.0. The molecule has 3 aromatic rings. The van der Waals surface area contributed by atoms with Crippen LogP contribution in [0.25, 0.3) is 5.69 Å². The highest BCUT2D eigenvalue weighted by Crippen LogP contribution is 2.34. The first kappa shape index (κ1) is 21.7. The van der Waals surface area contributed by atoms with Gasteiger partial charge in [0.15, 0.2) is 0 Å². The summed E-state index contributed by atoms with van der Waals surface area (Å²) < 4.78 is 78.7. The zero-order chi connectivity index (χ0) is 21.8. The number of hydrogen-bond donors (Lipinski definition) is 1. The minimum atomic E-state index is -4.63. The molecule has 0 saturated carbocycles. The maximum Gasteiger partial charge on any atom is 0.416 e. The van der Waals surface area contributed by atoms with Gasteiger partial charge in [-0.2, -0.15) is 18.3 Å². The van der Waals surface area contributed by atoms with Gasteiger partial charge >= 0.3 is 6.18 Å². The maximum atomic E-state index is 13.1. The Morgan fingerprint density at radius 2 is 1.83 bits per heavy atom. The van der Waals surface area contributed by atoms with Crippen molar-refractivity contribution in [2.45, 2.75) is 11.1 Å². The maximum absolute atomic E-state index is 13.1. The van der Waals surface area contributed by atoms with Crippen LogP contribution in [0, 0.1) is 0 Å². The molecule has 1 heterocycles. The number of halogens is 3. The van der Waals surface area contributed by atoms with Gasteiger partial charge in [0.25, 0.3) is 10.0 Å². The Kier molecular flexibility index (Phi) is 6.32. The molecule has 0 bridgehead atoms. The molecule has 0 aliphatic carbocycles. The van der Waals surface area contributed by atoms with Crippen molar-refractivity contribution in [2.75, 3.05) is 25.0 Å². The predicted octanol–water partition coefficient (Wildman–Crippen LogP) is 3.72. The van der Waals surface area contributed by atoms with Gasteiger partial charge < -0.3 is 9.47 Å². The number of alkyl halides is 3. The van der Waals surface area contributed by atoms with E-state index in [1.54, 1.807) is 6.07 Å². The molecule has 0 spiro atoms. The fourth-order valence-corrected chi connectivity index (χ4v) is 3.63. The van der Waals surface area contributed by atoms with E-state index < -0.39 is 21.8 Å². The van der Waals surface area contributed by atoms with Crippen LogP contribution in [0.1, 0.15) is 5.56 Å². The summed E-state index contributed by atoms with van der Waals surface area (Å²) in [7, 11) is -2.65. The van der Waals surface area contributed by atoms with Crippen LogP contribution in [0.5, 0.6) is 5.75 Å². The number of benzene rings is 2. The molecule has 1 aromatic heterocycles. The van der Waals surface area contributed by atoms with Crippen LogP contribution in [-0.2, 0) is 20.9 Å². The van der Waals surface area contributed by atoms with Gasteiger partial charge in [0.2, 0.25) is 0 Å². The first-order valence-electron chi connectivity index (χ1n) is 8.66. The second-order valence-corrected chi connectivity index (χ2v) is 7.78. The molecule has 0 saturated heterocycles. The highest BCUT2D eigenvalue weighted by atomic mass is 32.2. The third-order valence-electron chi connectivity index (χ3n) is 4.01. The van der Waals surface area contributed by atoms with Gasteiger partial charge in [-0.05, 0) is 48.5 Å². The van der Waals surface area contributed by atoms with Gasteiger partial charge in [0.05, 0.1) is 28.4 Å². The Bertz CT molecular complexity index is 1080. The molecule has 0 aliphatic heterocycles. The van der Waals surface area contributed by atoms with Crippen LogP contribution in [0.2, 0.25) is 0 Å². The number of hydrogen-bond acceptors (Lipinski definition) is 5. The minimum Gasteiger partial charge on any atom is -0.491 e. The van der Waals surface area contributed by atoms with Crippen LogP contribution in [-0.4, -0.2) is 38.5 Å². The molecule has 0 atom stereocenters. The minimum absolute atomic E-state index is 0.134. The number of ether oxygens (including phenoxy) is 2. The number of anilines is 1. The second-order valence-electron chi connectivity index (χ2n) is 6.10. The summed E-state index contributed by atoms with van der Waals surface area (Å²) in [6.45, 7) is 0.658. The van der Waals surface area contributed by atoms with E-state index in [4.69, 9.17) is 9.47 Å². The van der Waals surface area contributed by atoms with Gasteiger partial charge in [-0.15, -0.1) is 0 Å². The summed E-state index contributed by atoms with van der Waals surface area (Å²) in [6.07, 6.45) is -1.71. The smallest absolute Gasteiger partial charge is 0.416 e. The van der Waals surface area contributed by atoms with Crippen LogP contribution in [0.4, 0.5) is 18.9 Å². The number of nitrogens with zero attached hydrogens (tertiary/aromatic N) is 2. The molecule has 11 heteroatoms. The van der Waals surface area contributed by atoms with Crippen molar-refractivity contribution in [1.29, 1.82) is 0 Å². The average molecular weight is 441 g/mol. The van der Waals surface area contributed by atoms with Crippen LogP contribution >= 0.6 is 0 Å². The number of sulfonamides is 1. The Labute approximate surface area is 171 Å². The van der Waals surface area contributed by atoms with E-state index >= 15 is 0 Å².